The highest BCUT2D eigenvalue weighted by Gasteiger charge is 2.25. The smallest absolute Gasteiger partial charge is 0.166 e. The summed E-state index contributed by atoms with van der Waals surface area (Å²) in [5, 5.41) is 13.6. The summed E-state index contributed by atoms with van der Waals surface area (Å²) in [5.41, 5.74) is 7.50. The molecule has 292 valence electrons. The number of hydrogen-bond acceptors (Lipinski definition) is 5. The average molecular weight is 821 g/mol. The van der Waals surface area contributed by atoms with E-state index in [2.05, 4.69) is 199 Å². The Labute approximate surface area is 363 Å². The Hall–Kier alpha value is -8.19. The summed E-state index contributed by atoms with van der Waals surface area (Å²) in [6, 6.07) is 69.1. The maximum Gasteiger partial charge on any atom is 0.166 e. The van der Waals surface area contributed by atoms with Gasteiger partial charge in [0.05, 0.1) is 22.3 Å². The normalized spacial score (nSPS) is 12.1. The molecule has 0 aliphatic carbocycles. The van der Waals surface area contributed by atoms with Crippen LogP contribution in [0.4, 0.5) is 0 Å². The number of thiophene rings is 1. The van der Waals surface area contributed by atoms with E-state index in [1.807, 2.05) is 0 Å². The van der Waals surface area contributed by atoms with E-state index in [1.165, 1.54) is 41.7 Å². The Balaban J connectivity index is 1.14. The molecule has 0 N–H and O–H groups in total. The van der Waals surface area contributed by atoms with Crippen molar-refractivity contribution in [1.29, 1.82) is 0 Å². The van der Waals surface area contributed by atoms with Crippen molar-refractivity contribution in [1.82, 2.24) is 19.5 Å². The van der Waals surface area contributed by atoms with Gasteiger partial charge in [-0.15, -0.1) is 11.3 Å². The molecule has 14 rings (SSSR count). The van der Waals surface area contributed by atoms with Gasteiger partial charge in [0.2, 0.25) is 0 Å². The Morgan fingerprint density at radius 3 is 1.86 bits per heavy atom. The fraction of sp³-hybridized carbons (Fsp3) is 0. The molecule has 4 heterocycles. The molecule has 0 aliphatic rings. The fourth-order valence-corrected chi connectivity index (χ4v) is 11.0. The highest BCUT2D eigenvalue weighted by Crippen LogP contribution is 2.45. The number of hydrogen-bond donors (Lipinski definition) is 0. The number of aromatic nitrogens is 4. The molecule has 0 atom stereocenters. The topological polar surface area (TPSA) is 56.7 Å². The molecule has 0 saturated heterocycles. The minimum Gasteiger partial charge on any atom is -0.456 e. The Morgan fingerprint density at radius 1 is 0.381 bits per heavy atom. The quantitative estimate of drug-likeness (QED) is 0.177. The van der Waals surface area contributed by atoms with Crippen LogP contribution in [0.2, 0.25) is 0 Å². The van der Waals surface area contributed by atoms with Crippen LogP contribution >= 0.6 is 11.3 Å². The lowest BCUT2D eigenvalue weighted by Gasteiger charge is -2.16. The van der Waals surface area contributed by atoms with Gasteiger partial charge in [0.1, 0.15) is 11.2 Å². The Bertz CT molecular complexity index is 4230. The van der Waals surface area contributed by atoms with E-state index in [0.29, 0.717) is 17.5 Å². The van der Waals surface area contributed by atoms with Gasteiger partial charge in [-0.05, 0) is 86.9 Å². The van der Waals surface area contributed by atoms with E-state index < -0.39 is 0 Å². The summed E-state index contributed by atoms with van der Waals surface area (Å²) < 4.78 is 11.7. The minimum absolute atomic E-state index is 0.572. The van der Waals surface area contributed by atoms with Crippen LogP contribution in [-0.2, 0) is 0 Å². The van der Waals surface area contributed by atoms with E-state index >= 15 is 0 Å². The summed E-state index contributed by atoms with van der Waals surface area (Å²) >= 11 is 1.80. The van der Waals surface area contributed by atoms with Crippen molar-refractivity contribution in [2.45, 2.75) is 0 Å². The highest BCUT2D eigenvalue weighted by molar-refractivity contribution is 7.25. The first-order valence-electron chi connectivity index (χ1n) is 21.2. The molecule has 0 saturated carbocycles. The second-order valence-corrected chi connectivity index (χ2v) is 17.4. The van der Waals surface area contributed by atoms with Crippen molar-refractivity contribution >= 4 is 108 Å². The van der Waals surface area contributed by atoms with Crippen LogP contribution in [0.25, 0.3) is 136 Å². The van der Waals surface area contributed by atoms with E-state index in [0.717, 1.165) is 76.9 Å². The lowest BCUT2D eigenvalue weighted by atomic mass is 10.00. The van der Waals surface area contributed by atoms with Gasteiger partial charge in [0, 0.05) is 52.8 Å². The molecule has 6 heteroatoms. The van der Waals surface area contributed by atoms with Gasteiger partial charge in [-0.2, -0.15) is 0 Å². The van der Waals surface area contributed by atoms with Gasteiger partial charge in [-0.25, -0.2) is 15.0 Å². The molecule has 63 heavy (non-hydrogen) atoms. The first-order chi connectivity index (χ1) is 31.2. The fourth-order valence-electron chi connectivity index (χ4n) is 9.89. The van der Waals surface area contributed by atoms with Crippen LogP contribution in [-0.4, -0.2) is 19.5 Å². The zero-order valence-electron chi connectivity index (χ0n) is 33.6. The molecule has 0 spiro atoms. The second-order valence-electron chi connectivity index (χ2n) is 16.3. The molecule has 0 fully saturated rings. The zero-order valence-corrected chi connectivity index (χ0v) is 34.4. The van der Waals surface area contributed by atoms with Gasteiger partial charge in [0.25, 0.3) is 0 Å². The van der Waals surface area contributed by atoms with Crippen molar-refractivity contribution < 1.29 is 4.42 Å². The van der Waals surface area contributed by atoms with Crippen molar-refractivity contribution in [2.75, 3.05) is 0 Å². The summed E-state index contributed by atoms with van der Waals surface area (Å²) in [6.07, 6.45) is 0. The lowest BCUT2D eigenvalue weighted by Crippen LogP contribution is -2.04. The van der Waals surface area contributed by atoms with Crippen LogP contribution in [0.5, 0.6) is 0 Å². The Kier molecular flexibility index (Phi) is 7.21. The van der Waals surface area contributed by atoms with Gasteiger partial charge >= 0.3 is 0 Å². The molecule has 0 radical (unpaired) electrons. The van der Waals surface area contributed by atoms with Gasteiger partial charge in [0.15, 0.2) is 17.5 Å². The second kappa shape index (κ2) is 13.2. The molecule has 14 aromatic rings. The summed E-state index contributed by atoms with van der Waals surface area (Å²) in [6.45, 7) is 0. The van der Waals surface area contributed by atoms with Gasteiger partial charge < -0.3 is 8.98 Å². The summed E-state index contributed by atoms with van der Waals surface area (Å²) in [5.74, 6) is 1.79. The van der Waals surface area contributed by atoms with Gasteiger partial charge in [-0.1, -0.05) is 140 Å². The maximum atomic E-state index is 6.81. The number of furan rings is 1. The number of para-hydroxylation sites is 1. The molecule has 0 amide bonds. The molecule has 5 nitrogen and oxygen atoms in total. The third-order valence-electron chi connectivity index (χ3n) is 12.8. The Morgan fingerprint density at radius 2 is 1.02 bits per heavy atom. The molecule has 10 aromatic carbocycles. The van der Waals surface area contributed by atoms with Crippen LogP contribution in [0.15, 0.2) is 199 Å². The largest absolute Gasteiger partial charge is 0.456 e. The highest BCUT2D eigenvalue weighted by atomic mass is 32.1. The van der Waals surface area contributed by atoms with Crippen LogP contribution in [0, 0.1) is 0 Å². The molecule has 0 bridgehead atoms. The molecular weight excluding hydrogens is 789 g/mol. The molecular formula is C57H32N4OS. The van der Waals surface area contributed by atoms with E-state index in [1.54, 1.807) is 11.3 Å². The van der Waals surface area contributed by atoms with E-state index in [4.69, 9.17) is 19.4 Å². The summed E-state index contributed by atoms with van der Waals surface area (Å²) in [4.78, 5) is 16.5. The maximum absolute atomic E-state index is 6.81. The first-order valence-corrected chi connectivity index (χ1v) is 22.0. The van der Waals surface area contributed by atoms with Crippen molar-refractivity contribution in [2.24, 2.45) is 0 Å². The zero-order chi connectivity index (χ0) is 41.2. The van der Waals surface area contributed by atoms with E-state index in [-0.39, 0.29) is 0 Å². The standard InChI is InChI=1S/C57H32N4OS/c1-3-15-36-30-48-44(28-34(36)13-1)40-19-7-9-22-46(40)61(48)47-26-27-49-53(45-29-35-14-2-4-16-37(35)31-50(45)62-49)54(47)57-59-55(38-24-25-42-41-20-8-10-23-51(41)63-52(42)32-38)58-56(60-57)43-21-11-17-33-12-5-6-18-39(33)43/h1-32H. The molecule has 0 unspecified atom stereocenters. The predicted molar refractivity (Wildman–Crippen MR) is 263 cm³/mol. The molecule has 4 aromatic heterocycles. The number of benzene rings is 10. The van der Waals surface area contributed by atoms with Crippen LogP contribution in [0.1, 0.15) is 0 Å². The summed E-state index contributed by atoms with van der Waals surface area (Å²) in [7, 11) is 0. The van der Waals surface area contributed by atoms with Crippen molar-refractivity contribution in [3.63, 3.8) is 0 Å². The number of fused-ring (bicyclic) bond motifs is 12. The monoisotopic (exact) mass is 820 g/mol. The van der Waals surface area contributed by atoms with E-state index in [9.17, 15) is 0 Å². The predicted octanol–water partition coefficient (Wildman–Crippen LogP) is 15.7. The molecule has 0 aliphatic heterocycles. The van der Waals surface area contributed by atoms with Crippen molar-refractivity contribution in [3.8, 4) is 39.9 Å². The van der Waals surface area contributed by atoms with Crippen LogP contribution < -0.4 is 0 Å². The van der Waals surface area contributed by atoms with Gasteiger partial charge in [-0.3, -0.25) is 0 Å². The third kappa shape index (κ3) is 5.19. The third-order valence-corrected chi connectivity index (χ3v) is 13.9. The van der Waals surface area contributed by atoms with Crippen molar-refractivity contribution in [3.05, 3.63) is 194 Å². The SMILES string of the molecule is c1ccc2cc3c(cc2c1)oc1ccc(-n2c4ccccc4c4cc5ccccc5cc42)c(-c2nc(-c4ccc5c(c4)sc4ccccc45)nc(-c4cccc5ccccc45)n2)c13. The number of nitrogens with zero attached hydrogens (tertiary/aromatic N) is 4. The van der Waals surface area contributed by atoms with Crippen LogP contribution in [0.3, 0.4) is 0 Å². The average Bonchev–Trinajstić information content (AvgIpc) is 4.00. The minimum atomic E-state index is 0.572. The first kappa shape index (κ1) is 34.5. The number of rotatable bonds is 4. The lowest BCUT2D eigenvalue weighted by molar-refractivity contribution is 0.669.